The van der Waals surface area contributed by atoms with Crippen molar-refractivity contribution in [3.8, 4) is 0 Å². The Balaban J connectivity index is 1.70. The number of hydrogen-bond donors (Lipinski definition) is 1. The minimum atomic E-state index is -4.09. The summed E-state index contributed by atoms with van der Waals surface area (Å²) in [4.78, 5) is 2.25. The first kappa shape index (κ1) is 14.5. The van der Waals surface area contributed by atoms with E-state index in [1.807, 2.05) is 0 Å². The molecule has 2 fully saturated rings. The molecule has 2 rings (SSSR count). The highest BCUT2D eigenvalue weighted by Crippen LogP contribution is 2.32. The molecule has 1 aliphatic carbocycles. The number of piperidine rings is 1. The lowest BCUT2D eigenvalue weighted by Crippen LogP contribution is -2.45. The van der Waals surface area contributed by atoms with E-state index in [4.69, 9.17) is 0 Å². The molecule has 0 spiro atoms. The number of halogens is 3. The van der Waals surface area contributed by atoms with Crippen LogP contribution >= 0.6 is 11.8 Å². The van der Waals surface area contributed by atoms with E-state index in [9.17, 15) is 13.2 Å². The summed E-state index contributed by atoms with van der Waals surface area (Å²) in [6.07, 6.45) is 5.94. The van der Waals surface area contributed by atoms with Crippen molar-refractivity contribution in [3.05, 3.63) is 0 Å². The smallest absolute Gasteiger partial charge is 0.313 e. The molecule has 0 aromatic carbocycles. The van der Waals surface area contributed by atoms with Crippen molar-refractivity contribution >= 4 is 11.8 Å². The van der Waals surface area contributed by atoms with Crippen LogP contribution in [-0.4, -0.2) is 47.9 Å². The zero-order chi connectivity index (χ0) is 13.0. The van der Waals surface area contributed by atoms with Crippen LogP contribution in [0.5, 0.6) is 0 Å². The Morgan fingerprint density at radius 1 is 1.17 bits per heavy atom. The Morgan fingerprint density at radius 2 is 1.94 bits per heavy atom. The van der Waals surface area contributed by atoms with Crippen molar-refractivity contribution in [1.29, 1.82) is 0 Å². The lowest BCUT2D eigenvalue weighted by Gasteiger charge is -2.30. The molecule has 1 aliphatic heterocycles. The Labute approximate surface area is 111 Å². The van der Waals surface area contributed by atoms with Crippen LogP contribution in [0.4, 0.5) is 13.2 Å². The molecule has 2 aliphatic rings. The maximum Gasteiger partial charge on any atom is 0.441 e. The van der Waals surface area contributed by atoms with E-state index in [2.05, 4.69) is 10.2 Å². The second kappa shape index (κ2) is 6.48. The predicted molar refractivity (Wildman–Crippen MR) is 68.7 cm³/mol. The van der Waals surface area contributed by atoms with Gasteiger partial charge in [0.15, 0.2) is 0 Å². The van der Waals surface area contributed by atoms with Crippen molar-refractivity contribution < 1.29 is 13.2 Å². The molecule has 0 aromatic rings. The fourth-order valence-corrected chi connectivity index (χ4v) is 3.06. The lowest BCUT2D eigenvalue weighted by atomic mass is 10.0. The molecule has 2 nitrogen and oxygen atoms in total. The second-order valence-electron chi connectivity index (χ2n) is 5.17. The summed E-state index contributed by atoms with van der Waals surface area (Å²) in [6.45, 7) is 2.54. The molecule has 1 heterocycles. The van der Waals surface area contributed by atoms with Gasteiger partial charge >= 0.3 is 5.51 Å². The quantitative estimate of drug-likeness (QED) is 0.806. The lowest BCUT2D eigenvalue weighted by molar-refractivity contribution is -0.0329. The van der Waals surface area contributed by atoms with Gasteiger partial charge in [-0.3, -0.25) is 4.90 Å². The summed E-state index contributed by atoms with van der Waals surface area (Å²) in [7, 11) is 0. The normalized spacial score (nSPS) is 25.7. The molecule has 6 heteroatoms. The monoisotopic (exact) mass is 282 g/mol. The Bertz CT molecular complexity index is 250. The predicted octanol–water partition coefficient (Wildman–Crippen LogP) is 2.85. The summed E-state index contributed by atoms with van der Waals surface area (Å²) in [6, 6.07) is 1.03. The van der Waals surface area contributed by atoms with Crippen LogP contribution in [0.3, 0.4) is 0 Å². The Kier molecular flexibility index (Phi) is 5.21. The van der Waals surface area contributed by atoms with E-state index in [0.29, 0.717) is 18.6 Å². The third kappa shape index (κ3) is 5.36. The summed E-state index contributed by atoms with van der Waals surface area (Å²) >= 11 is 0.107. The van der Waals surface area contributed by atoms with Crippen LogP contribution in [0.2, 0.25) is 0 Å². The van der Waals surface area contributed by atoms with Gasteiger partial charge in [-0.2, -0.15) is 13.2 Å². The van der Waals surface area contributed by atoms with Crippen molar-refractivity contribution in [2.75, 3.05) is 25.4 Å². The van der Waals surface area contributed by atoms with Gasteiger partial charge in [-0.05, 0) is 44.0 Å². The van der Waals surface area contributed by atoms with Gasteiger partial charge in [0, 0.05) is 30.9 Å². The van der Waals surface area contributed by atoms with Gasteiger partial charge in [0.25, 0.3) is 0 Å². The highest BCUT2D eigenvalue weighted by atomic mass is 32.2. The SMILES string of the molecule is FC(F)(F)SCCN(CC1CCCCN1)C1CC1. The standard InChI is InChI=1S/C12H21F3N2S/c13-12(14,15)18-8-7-17(11-4-5-11)9-10-3-1-2-6-16-10/h10-11,16H,1-9H2. The molecule has 106 valence electrons. The van der Waals surface area contributed by atoms with E-state index < -0.39 is 5.51 Å². The fraction of sp³-hybridized carbons (Fsp3) is 1.00. The molecule has 1 saturated heterocycles. The average molecular weight is 282 g/mol. The number of alkyl halides is 3. The van der Waals surface area contributed by atoms with Crippen molar-refractivity contribution in [2.24, 2.45) is 0 Å². The first-order valence-corrected chi connectivity index (χ1v) is 7.71. The van der Waals surface area contributed by atoms with E-state index in [-0.39, 0.29) is 17.5 Å². The fourth-order valence-electron chi connectivity index (χ4n) is 2.50. The zero-order valence-electron chi connectivity index (χ0n) is 10.5. The van der Waals surface area contributed by atoms with Gasteiger partial charge in [-0.25, -0.2) is 0 Å². The van der Waals surface area contributed by atoms with Crippen LogP contribution in [0.15, 0.2) is 0 Å². The average Bonchev–Trinajstić information content (AvgIpc) is 3.11. The number of nitrogens with zero attached hydrogens (tertiary/aromatic N) is 1. The van der Waals surface area contributed by atoms with Crippen LogP contribution in [0.25, 0.3) is 0 Å². The zero-order valence-corrected chi connectivity index (χ0v) is 11.3. The highest BCUT2D eigenvalue weighted by Gasteiger charge is 2.32. The number of thioether (sulfide) groups is 1. The summed E-state index contributed by atoms with van der Waals surface area (Å²) in [5, 5.41) is 3.47. The number of rotatable bonds is 6. The molecular formula is C12H21F3N2S. The summed E-state index contributed by atoms with van der Waals surface area (Å²) in [5.41, 5.74) is -4.09. The molecule has 0 bridgehead atoms. The van der Waals surface area contributed by atoms with Gasteiger partial charge in [0.1, 0.15) is 0 Å². The molecule has 1 atom stereocenters. The maximum absolute atomic E-state index is 12.1. The van der Waals surface area contributed by atoms with E-state index >= 15 is 0 Å². The third-order valence-electron chi connectivity index (χ3n) is 3.57. The Morgan fingerprint density at radius 3 is 2.50 bits per heavy atom. The number of nitrogens with one attached hydrogen (secondary N) is 1. The third-order valence-corrected chi connectivity index (χ3v) is 4.29. The molecule has 1 unspecified atom stereocenters. The van der Waals surface area contributed by atoms with Crippen molar-refractivity contribution in [2.45, 2.75) is 49.7 Å². The number of hydrogen-bond acceptors (Lipinski definition) is 3. The van der Waals surface area contributed by atoms with E-state index in [1.54, 1.807) is 0 Å². The second-order valence-corrected chi connectivity index (χ2v) is 6.33. The molecule has 0 radical (unpaired) electrons. The van der Waals surface area contributed by atoms with Crippen LogP contribution in [-0.2, 0) is 0 Å². The van der Waals surface area contributed by atoms with Gasteiger partial charge in [0.05, 0.1) is 0 Å². The first-order valence-electron chi connectivity index (χ1n) is 6.73. The highest BCUT2D eigenvalue weighted by molar-refractivity contribution is 8.00. The summed E-state index contributed by atoms with van der Waals surface area (Å²) < 4.78 is 36.3. The molecule has 0 amide bonds. The van der Waals surface area contributed by atoms with Gasteiger partial charge < -0.3 is 5.32 Å². The van der Waals surface area contributed by atoms with E-state index in [0.717, 1.165) is 32.4 Å². The van der Waals surface area contributed by atoms with Crippen LogP contribution in [0.1, 0.15) is 32.1 Å². The van der Waals surface area contributed by atoms with Crippen molar-refractivity contribution in [1.82, 2.24) is 10.2 Å². The van der Waals surface area contributed by atoms with Crippen molar-refractivity contribution in [3.63, 3.8) is 0 Å². The maximum atomic E-state index is 12.1. The van der Waals surface area contributed by atoms with Gasteiger partial charge in [-0.15, -0.1) is 0 Å². The van der Waals surface area contributed by atoms with Gasteiger partial charge in [-0.1, -0.05) is 6.42 Å². The van der Waals surface area contributed by atoms with E-state index in [1.165, 1.54) is 12.8 Å². The molecule has 1 N–H and O–H groups in total. The largest absolute Gasteiger partial charge is 0.441 e. The minimum absolute atomic E-state index is 0.107. The molecule has 18 heavy (non-hydrogen) atoms. The van der Waals surface area contributed by atoms with Crippen LogP contribution in [0, 0.1) is 0 Å². The Hall–Kier alpha value is 0.0600. The minimum Gasteiger partial charge on any atom is -0.313 e. The first-order chi connectivity index (χ1) is 8.54. The van der Waals surface area contributed by atoms with Gasteiger partial charge in [0.2, 0.25) is 0 Å². The summed E-state index contributed by atoms with van der Waals surface area (Å²) in [5.74, 6) is 0.159. The topological polar surface area (TPSA) is 15.3 Å². The molecule has 1 saturated carbocycles. The molecular weight excluding hydrogens is 261 g/mol. The molecule has 0 aromatic heterocycles. The van der Waals surface area contributed by atoms with Crippen LogP contribution < -0.4 is 5.32 Å².